The third-order valence-electron chi connectivity index (χ3n) is 4.39. The fourth-order valence-electron chi connectivity index (χ4n) is 2.98. The molecule has 0 atom stereocenters. The third-order valence-corrected chi connectivity index (χ3v) is 7.16. The number of fused-ring (bicyclic) bond motifs is 1. The van der Waals surface area contributed by atoms with E-state index in [9.17, 15) is 13.2 Å². The fraction of sp³-hybridized carbons (Fsp3) is 0.0909. The Bertz CT molecular complexity index is 1270. The van der Waals surface area contributed by atoms with Gasteiger partial charge in [-0.15, -0.1) is 0 Å². The second-order valence-electron chi connectivity index (χ2n) is 6.48. The highest BCUT2D eigenvalue weighted by Crippen LogP contribution is 2.29. The zero-order chi connectivity index (χ0) is 21.0. The average molecular weight is 438 g/mol. The van der Waals surface area contributed by atoms with Gasteiger partial charge in [-0.3, -0.25) is 4.79 Å². The predicted molar refractivity (Wildman–Crippen MR) is 119 cm³/mol. The standard InChI is InChI=1S/C22H19N3O3S2/c26-21(23-17-9-3-1-4-10-17)15-16-29-22-24-19-13-7-8-14-20(19)25(22)30(27,28)18-11-5-2-6-12-18/h1-14H,15-16H2,(H,23,26). The monoisotopic (exact) mass is 437 g/mol. The van der Waals surface area contributed by atoms with Crippen LogP contribution in [-0.4, -0.2) is 29.0 Å². The van der Waals surface area contributed by atoms with Crippen LogP contribution in [0.3, 0.4) is 0 Å². The Labute approximate surface area is 179 Å². The van der Waals surface area contributed by atoms with Gasteiger partial charge in [0.2, 0.25) is 5.91 Å². The number of anilines is 1. The molecule has 0 spiro atoms. The molecule has 0 aliphatic heterocycles. The number of aromatic nitrogens is 2. The number of thioether (sulfide) groups is 1. The highest BCUT2D eigenvalue weighted by Gasteiger charge is 2.24. The first kappa shape index (κ1) is 20.2. The fourth-order valence-corrected chi connectivity index (χ4v) is 5.66. The highest BCUT2D eigenvalue weighted by atomic mass is 32.2. The Morgan fingerprint density at radius 2 is 1.53 bits per heavy atom. The first-order chi connectivity index (χ1) is 14.6. The second-order valence-corrected chi connectivity index (χ2v) is 9.33. The molecular formula is C22H19N3O3S2. The van der Waals surface area contributed by atoms with E-state index in [0.29, 0.717) is 21.9 Å². The largest absolute Gasteiger partial charge is 0.326 e. The second kappa shape index (κ2) is 8.73. The van der Waals surface area contributed by atoms with Crippen molar-refractivity contribution in [3.8, 4) is 0 Å². The number of hydrogen-bond donors (Lipinski definition) is 1. The van der Waals surface area contributed by atoms with E-state index in [4.69, 9.17) is 0 Å². The molecule has 4 aromatic rings. The van der Waals surface area contributed by atoms with Crippen molar-refractivity contribution in [2.75, 3.05) is 11.1 Å². The van der Waals surface area contributed by atoms with Crippen LogP contribution in [0.25, 0.3) is 11.0 Å². The lowest BCUT2D eigenvalue weighted by Crippen LogP contribution is -2.15. The summed E-state index contributed by atoms with van der Waals surface area (Å²) in [5.41, 5.74) is 1.83. The van der Waals surface area contributed by atoms with Crippen LogP contribution in [0.1, 0.15) is 6.42 Å². The summed E-state index contributed by atoms with van der Waals surface area (Å²) in [5, 5.41) is 3.17. The van der Waals surface area contributed by atoms with Gasteiger partial charge in [0.25, 0.3) is 10.0 Å². The summed E-state index contributed by atoms with van der Waals surface area (Å²) in [4.78, 5) is 16.9. The quantitative estimate of drug-likeness (QED) is 0.434. The molecule has 0 unspecified atom stereocenters. The van der Waals surface area contributed by atoms with Crippen molar-refractivity contribution in [3.05, 3.63) is 84.9 Å². The lowest BCUT2D eigenvalue weighted by molar-refractivity contribution is -0.115. The Balaban J connectivity index is 1.57. The van der Waals surface area contributed by atoms with Crippen LogP contribution in [-0.2, 0) is 14.8 Å². The smallest absolute Gasteiger partial charge is 0.270 e. The first-order valence-electron chi connectivity index (χ1n) is 9.31. The van der Waals surface area contributed by atoms with Crippen LogP contribution in [0.15, 0.2) is 95.0 Å². The van der Waals surface area contributed by atoms with E-state index in [2.05, 4.69) is 10.3 Å². The van der Waals surface area contributed by atoms with Gasteiger partial charge < -0.3 is 5.32 Å². The van der Waals surface area contributed by atoms with Gasteiger partial charge >= 0.3 is 0 Å². The van der Waals surface area contributed by atoms with Crippen molar-refractivity contribution in [1.82, 2.24) is 8.96 Å². The summed E-state index contributed by atoms with van der Waals surface area (Å²) in [6.45, 7) is 0. The number of para-hydroxylation sites is 3. The zero-order valence-corrected chi connectivity index (χ0v) is 17.6. The number of carbonyl (C=O) groups is 1. The molecule has 0 bridgehead atoms. The maximum absolute atomic E-state index is 13.3. The topological polar surface area (TPSA) is 81.1 Å². The lowest BCUT2D eigenvalue weighted by Gasteiger charge is -2.10. The Kier molecular flexibility index (Phi) is 5.87. The van der Waals surface area contributed by atoms with Gasteiger partial charge in [-0.2, -0.15) is 0 Å². The van der Waals surface area contributed by atoms with Crippen molar-refractivity contribution in [3.63, 3.8) is 0 Å². The van der Waals surface area contributed by atoms with Gasteiger partial charge in [-0.1, -0.05) is 60.3 Å². The number of nitrogens with one attached hydrogen (secondary N) is 1. The molecule has 0 saturated heterocycles. The number of amides is 1. The van der Waals surface area contributed by atoms with E-state index in [-0.39, 0.29) is 17.2 Å². The molecule has 0 radical (unpaired) electrons. The van der Waals surface area contributed by atoms with E-state index in [1.807, 2.05) is 36.4 Å². The summed E-state index contributed by atoms with van der Waals surface area (Å²) >= 11 is 1.25. The van der Waals surface area contributed by atoms with E-state index >= 15 is 0 Å². The average Bonchev–Trinajstić information content (AvgIpc) is 3.14. The summed E-state index contributed by atoms with van der Waals surface area (Å²) in [6, 6.07) is 24.6. The number of benzene rings is 3. The Morgan fingerprint density at radius 3 is 2.27 bits per heavy atom. The molecule has 0 saturated carbocycles. The minimum Gasteiger partial charge on any atom is -0.326 e. The predicted octanol–water partition coefficient (Wildman–Crippen LogP) is 4.39. The van der Waals surface area contributed by atoms with Gasteiger partial charge in [0.05, 0.1) is 15.9 Å². The molecule has 1 amide bonds. The number of carbonyl (C=O) groups excluding carboxylic acids is 1. The SMILES string of the molecule is O=C(CCSc1nc2ccccc2n1S(=O)(=O)c1ccccc1)Nc1ccccc1. The Hall–Kier alpha value is -3.10. The molecule has 0 aliphatic carbocycles. The molecule has 6 nitrogen and oxygen atoms in total. The van der Waals surface area contributed by atoms with Crippen LogP contribution in [0.4, 0.5) is 5.69 Å². The van der Waals surface area contributed by atoms with Gasteiger partial charge in [-0.05, 0) is 36.4 Å². The zero-order valence-electron chi connectivity index (χ0n) is 15.9. The molecular weight excluding hydrogens is 418 g/mol. The van der Waals surface area contributed by atoms with Gasteiger partial charge in [0, 0.05) is 17.9 Å². The third kappa shape index (κ3) is 4.24. The first-order valence-corrected chi connectivity index (χ1v) is 11.7. The van der Waals surface area contributed by atoms with E-state index in [1.54, 1.807) is 48.5 Å². The molecule has 4 rings (SSSR count). The molecule has 1 N–H and O–H groups in total. The lowest BCUT2D eigenvalue weighted by atomic mass is 10.3. The minimum atomic E-state index is -3.82. The molecule has 0 aliphatic rings. The molecule has 1 aromatic heterocycles. The van der Waals surface area contributed by atoms with Crippen LogP contribution < -0.4 is 5.32 Å². The van der Waals surface area contributed by atoms with E-state index in [1.165, 1.54) is 15.7 Å². The molecule has 8 heteroatoms. The summed E-state index contributed by atoms with van der Waals surface area (Å²) in [6.07, 6.45) is 0.230. The van der Waals surface area contributed by atoms with Gasteiger partial charge in [0.1, 0.15) is 0 Å². The number of hydrogen-bond acceptors (Lipinski definition) is 5. The molecule has 30 heavy (non-hydrogen) atoms. The maximum atomic E-state index is 13.3. The normalized spacial score (nSPS) is 11.5. The summed E-state index contributed by atoms with van der Waals surface area (Å²) < 4.78 is 27.9. The van der Waals surface area contributed by atoms with Crippen molar-refractivity contribution in [2.45, 2.75) is 16.5 Å². The van der Waals surface area contributed by atoms with Crippen molar-refractivity contribution in [1.29, 1.82) is 0 Å². The van der Waals surface area contributed by atoms with Gasteiger partial charge in [-0.25, -0.2) is 17.4 Å². The molecule has 1 heterocycles. The Morgan fingerprint density at radius 1 is 0.900 bits per heavy atom. The van der Waals surface area contributed by atoms with Crippen molar-refractivity contribution < 1.29 is 13.2 Å². The van der Waals surface area contributed by atoms with Crippen molar-refractivity contribution in [2.24, 2.45) is 0 Å². The molecule has 0 fully saturated rings. The van der Waals surface area contributed by atoms with Crippen LogP contribution in [0.5, 0.6) is 0 Å². The number of nitrogens with zero attached hydrogens (tertiary/aromatic N) is 2. The highest BCUT2D eigenvalue weighted by molar-refractivity contribution is 8.00. The minimum absolute atomic E-state index is 0.137. The van der Waals surface area contributed by atoms with Crippen molar-refractivity contribution >= 4 is 44.4 Å². The van der Waals surface area contributed by atoms with Gasteiger partial charge in [0.15, 0.2) is 5.16 Å². The summed E-state index contributed by atoms with van der Waals surface area (Å²) in [5.74, 6) is 0.258. The van der Waals surface area contributed by atoms with Crippen LogP contribution in [0, 0.1) is 0 Å². The molecule has 3 aromatic carbocycles. The maximum Gasteiger partial charge on any atom is 0.270 e. The number of rotatable bonds is 7. The van der Waals surface area contributed by atoms with E-state index in [0.717, 1.165) is 5.69 Å². The summed E-state index contributed by atoms with van der Waals surface area (Å²) in [7, 11) is -3.82. The van der Waals surface area contributed by atoms with Crippen LogP contribution >= 0.6 is 11.8 Å². The molecule has 152 valence electrons. The number of imidazole rings is 1. The van der Waals surface area contributed by atoms with E-state index < -0.39 is 10.0 Å². The van der Waals surface area contributed by atoms with Crippen LogP contribution in [0.2, 0.25) is 0 Å².